The Morgan fingerprint density at radius 3 is 2.73 bits per heavy atom. The van der Waals surface area contributed by atoms with E-state index in [9.17, 15) is 4.79 Å². The fourth-order valence-corrected chi connectivity index (χ4v) is 3.46. The van der Waals surface area contributed by atoms with Crippen LogP contribution in [0.25, 0.3) is 0 Å². The van der Waals surface area contributed by atoms with E-state index in [-0.39, 0.29) is 10.8 Å². The normalized spacial score (nSPS) is 26.1. The minimum atomic E-state index is 0.0325. The van der Waals surface area contributed by atoms with Crippen LogP contribution in [-0.2, 0) is 16.6 Å². The molecular formula is C12H15NO2. The fraction of sp³-hybridized carbons (Fsp3) is 0.667. The lowest BCUT2D eigenvalue weighted by molar-refractivity contribution is -0.134. The summed E-state index contributed by atoms with van der Waals surface area (Å²) in [5, 5.41) is 3.88. The second kappa shape index (κ2) is 2.52. The molecule has 0 aliphatic heterocycles. The molecule has 0 saturated heterocycles. The molecule has 1 fully saturated rings. The van der Waals surface area contributed by atoms with Gasteiger partial charge in [0.2, 0.25) is 0 Å². The second-order valence-electron chi connectivity index (χ2n) is 5.81. The predicted molar refractivity (Wildman–Crippen MR) is 54.5 cm³/mol. The van der Waals surface area contributed by atoms with E-state index in [4.69, 9.17) is 4.52 Å². The standard InChI is InChI=1S/C12H15NO2/c1-11(2)7-12(4-9(14)5-12)3-8-6-13-15-10(8)11/h6H,3-5,7H2,1-2H3. The zero-order valence-electron chi connectivity index (χ0n) is 9.17. The first-order chi connectivity index (χ1) is 7.01. The van der Waals surface area contributed by atoms with Gasteiger partial charge in [0.15, 0.2) is 0 Å². The van der Waals surface area contributed by atoms with Gasteiger partial charge >= 0.3 is 0 Å². The van der Waals surface area contributed by atoms with E-state index in [2.05, 4.69) is 19.0 Å². The Kier molecular flexibility index (Phi) is 1.53. The average molecular weight is 205 g/mol. The topological polar surface area (TPSA) is 43.1 Å². The molecule has 0 bridgehead atoms. The Balaban J connectivity index is 2.01. The van der Waals surface area contributed by atoms with Crippen LogP contribution in [0.15, 0.2) is 10.7 Å². The van der Waals surface area contributed by atoms with E-state index in [1.165, 1.54) is 5.56 Å². The van der Waals surface area contributed by atoms with Crippen LogP contribution < -0.4 is 0 Å². The first kappa shape index (κ1) is 9.13. The number of hydrogen-bond acceptors (Lipinski definition) is 3. The van der Waals surface area contributed by atoms with E-state index in [0.29, 0.717) is 5.78 Å². The third-order valence-electron chi connectivity index (χ3n) is 3.79. The van der Waals surface area contributed by atoms with Crippen molar-refractivity contribution in [1.29, 1.82) is 0 Å². The highest BCUT2D eigenvalue weighted by atomic mass is 16.5. The first-order valence-corrected chi connectivity index (χ1v) is 5.47. The fourth-order valence-electron chi connectivity index (χ4n) is 3.46. The van der Waals surface area contributed by atoms with Crippen molar-refractivity contribution in [3.05, 3.63) is 17.5 Å². The highest BCUT2D eigenvalue weighted by Crippen LogP contribution is 2.54. The molecule has 15 heavy (non-hydrogen) atoms. The first-order valence-electron chi connectivity index (χ1n) is 5.47. The minimum absolute atomic E-state index is 0.0325. The Labute approximate surface area is 88.8 Å². The van der Waals surface area contributed by atoms with E-state index < -0.39 is 0 Å². The van der Waals surface area contributed by atoms with Gasteiger partial charge in [-0.1, -0.05) is 19.0 Å². The number of aromatic nitrogens is 1. The molecule has 1 spiro atoms. The monoisotopic (exact) mass is 205 g/mol. The summed E-state index contributed by atoms with van der Waals surface area (Å²) >= 11 is 0. The molecule has 3 nitrogen and oxygen atoms in total. The maximum atomic E-state index is 11.2. The largest absolute Gasteiger partial charge is 0.361 e. The summed E-state index contributed by atoms with van der Waals surface area (Å²) in [5.74, 6) is 1.43. The smallest absolute Gasteiger partial charge is 0.145 e. The van der Waals surface area contributed by atoms with Gasteiger partial charge in [-0.05, 0) is 18.3 Å². The summed E-state index contributed by atoms with van der Waals surface area (Å²) < 4.78 is 5.33. The van der Waals surface area contributed by atoms with Crippen LogP contribution in [0, 0.1) is 5.41 Å². The van der Waals surface area contributed by atoms with Gasteiger partial charge in [0, 0.05) is 23.8 Å². The lowest BCUT2D eigenvalue weighted by atomic mass is 9.54. The van der Waals surface area contributed by atoms with Gasteiger partial charge in [-0.2, -0.15) is 0 Å². The summed E-state index contributed by atoms with van der Waals surface area (Å²) in [4.78, 5) is 11.2. The maximum Gasteiger partial charge on any atom is 0.145 e. The van der Waals surface area contributed by atoms with Crippen molar-refractivity contribution < 1.29 is 9.32 Å². The quantitative estimate of drug-likeness (QED) is 0.652. The summed E-state index contributed by atoms with van der Waals surface area (Å²) in [6.07, 6.45) is 5.35. The molecule has 1 aromatic rings. The van der Waals surface area contributed by atoms with Gasteiger partial charge in [0.05, 0.1) is 6.20 Å². The third kappa shape index (κ3) is 1.18. The van der Waals surface area contributed by atoms with Crippen molar-refractivity contribution in [3.63, 3.8) is 0 Å². The number of hydrogen-bond donors (Lipinski definition) is 0. The summed E-state index contributed by atoms with van der Waals surface area (Å²) in [5.41, 5.74) is 1.46. The van der Waals surface area contributed by atoms with Gasteiger partial charge in [-0.25, -0.2) is 0 Å². The molecule has 3 heteroatoms. The van der Waals surface area contributed by atoms with Gasteiger partial charge in [0.1, 0.15) is 11.5 Å². The number of carbonyl (C=O) groups is 1. The molecule has 0 amide bonds. The number of fused-ring (bicyclic) bond motifs is 1. The van der Waals surface area contributed by atoms with Crippen molar-refractivity contribution in [2.24, 2.45) is 5.41 Å². The number of Topliss-reactive ketones (excluding diaryl/α,β-unsaturated/α-hetero) is 1. The molecule has 1 saturated carbocycles. The van der Waals surface area contributed by atoms with Crippen LogP contribution in [0.4, 0.5) is 0 Å². The predicted octanol–water partition coefficient (Wildman–Crippen LogP) is 2.25. The number of rotatable bonds is 0. The number of nitrogens with zero attached hydrogens (tertiary/aromatic N) is 1. The Morgan fingerprint density at radius 1 is 1.33 bits per heavy atom. The third-order valence-corrected chi connectivity index (χ3v) is 3.79. The zero-order valence-corrected chi connectivity index (χ0v) is 9.17. The van der Waals surface area contributed by atoms with E-state index >= 15 is 0 Å². The van der Waals surface area contributed by atoms with Crippen molar-refractivity contribution in [1.82, 2.24) is 5.16 Å². The minimum Gasteiger partial charge on any atom is -0.361 e. The molecule has 0 aromatic carbocycles. The van der Waals surface area contributed by atoms with Crippen molar-refractivity contribution in [2.45, 2.75) is 44.9 Å². The van der Waals surface area contributed by atoms with Crippen LogP contribution in [0.2, 0.25) is 0 Å². The molecule has 0 atom stereocenters. The second-order valence-corrected chi connectivity index (χ2v) is 5.81. The van der Waals surface area contributed by atoms with Crippen LogP contribution in [0.3, 0.4) is 0 Å². The molecule has 2 aliphatic carbocycles. The van der Waals surface area contributed by atoms with Crippen LogP contribution in [-0.4, -0.2) is 10.9 Å². The molecule has 1 aromatic heterocycles. The molecule has 0 unspecified atom stereocenters. The summed E-state index contributed by atoms with van der Waals surface area (Å²) in [6, 6.07) is 0. The number of carbonyl (C=O) groups excluding carboxylic acids is 1. The van der Waals surface area contributed by atoms with Gasteiger partial charge < -0.3 is 4.52 Å². The lowest BCUT2D eigenvalue weighted by Gasteiger charge is -2.48. The zero-order chi connectivity index (χ0) is 10.7. The van der Waals surface area contributed by atoms with E-state index in [0.717, 1.165) is 31.4 Å². The highest BCUT2D eigenvalue weighted by Gasteiger charge is 2.51. The molecule has 0 N–H and O–H groups in total. The van der Waals surface area contributed by atoms with Gasteiger partial charge in [-0.15, -0.1) is 0 Å². The van der Waals surface area contributed by atoms with Crippen LogP contribution >= 0.6 is 0 Å². The molecule has 2 aliphatic rings. The van der Waals surface area contributed by atoms with Crippen molar-refractivity contribution >= 4 is 5.78 Å². The van der Waals surface area contributed by atoms with E-state index in [1.54, 1.807) is 0 Å². The molecule has 0 radical (unpaired) electrons. The van der Waals surface area contributed by atoms with Crippen LogP contribution in [0.5, 0.6) is 0 Å². The lowest BCUT2D eigenvalue weighted by Crippen LogP contribution is -2.46. The van der Waals surface area contributed by atoms with E-state index in [1.807, 2.05) is 6.20 Å². The van der Waals surface area contributed by atoms with Gasteiger partial charge in [0.25, 0.3) is 0 Å². The average Bonchev–Trinajstić information content (AvgIpc) is 2.48. The van der Waals surface area contributed by atoms with Gasteiger partial charge in [-0.3, -0.25) is 4.79 Å². The van der Waals surface area contributed by atoms with Crippen molar-refractivity contribution in [2.75, 3.05) is 0 Å². The Bertz CT molecular complexity index is 423. The van der Waals surface area contributed by atoms with Crippen LogP contribution in [0.1, 0.15) is 44.4 Å². The molecule has 1 heterocycles. The highest BCUT2D eigenvalue weighted by molar-refractivity contribution is 5.86. The number of ketones is 1. The molecular weight excluding hydrogens is 190 g/mol. The Hall–Kier alpha value is -1.12. The summed E-state index contributed by atoms with van der Waals surface area (Å²) in [6.45, 7) is 4.36. The molecule has 80 valence electrons. The molecule has 3 rings (SSSR count). The summed E-state index contributed by atoms with van der Waals surface area (Å²) in [7, 11) is 0. The maximum absolute atomic E-state index is 11.2. The van der Waals surface area contributed by atoms with Crippen molar-refractivity contribution in [3.8, 4) is 0 Å². The SMILES string of the molecule is CC1(C)CC2(CC(=O)C2)Cc2cnoc21. The Morgan fingerprint density at radius 2 is 2.07 bits per heavy atom.